The molecule has 3 rings (SSSR count). The molecule has 7 nitrogen and oxygen atoms in total. The summed E-state index contributed by atoms with van der Waals surface area (Å²) in [6.45, 7) is 6.31. The standard InChI is InChI=1S/C24H23NO6/c1-3-25(4-2)13-7-8-14-30-21(27)15-19(26)20-12-11-18-22(28)16-9-5-6-10-17(16)23(29)24(18)31-20/h5-6,9-10,12H,3-4,11,13-15H2,1-2H3. The molecule has 31 heavy (non-hydrogen) atoms. The molecule has 0 N–H and O–H groups in total. The first kappa shape index (κ1) is 22.2. The van der Waals surface area contributed by atoms with E-state index in [0.29, 0.717) is 12.1 Å². The number of benzene rings is 1. The normalized spacial score (nSPS) is 14.7. The molecule has 1 heterocycles. The van der Waals surface area contributed by atoms with Gasteiger partial charge in [-0.1, -0.05) is 50.0 Å². The van der Waals surface area contributed by atoms with Crippen molar-refractivity contribution in [1.29, 1.82) is 0 Å². The van der Waals surface area contributed by atoms with Crippen LogP contribution in [0.3, 0.4) is 0 Å². The molecule has 0 amide bonds. The second-order valence-corrected chi connectivity index (χ2v) is 6.96. The van der Waals surface area contributed by atoms with Gasteiger partial charge in [-0.2, -0.15) is 0 Å². The summed E-state index contributed by atoms with van der Waals surface area (Å²) in [5.74, 6) is 3.27. The number of fused-ring (bicyclic) bond motifs is 1. The zero-order valence-corrected chi connectivity index (χ0v) is 17.5. The van der Waals surface area contributed by atoms with E-state index in [-0.39, 0.29) is 41.5 Å². The van der Waals surface area contributed by atoms with Crippen LogP contribution in [0.4, 0.5) is 0 Å². The van der Waals surface area contributed by atoms with E-state index >= 15 is 0 Å². The minimum absolute atomic E-state index is 0.0845. The summed E-state index contributed by atoms with van der Waals surface area (Å²) in [6, 6.07) is 6.47. The van der Waals surface area contributed by atoms with Crippen molar-refractivity contribution in [2.24, 2.45) is 0 Å². The number of carbonyl (C=O) groups excluding carboxylic acids is 4. The second-order valence-electron chi connectivity index (χ2n) is 6.96. The molecule has 1 aromatic rings. The Morgan fingerprint density at radius 3 is 2.42 bits per heavy atom. The van der Waals surface area contributed by atoms with E-state index in [1.807, 2.05) is 13.8 Å². The molecule has 160 valence electrons. The van der Waals surface area contributed by atoms with Crippen LogP contribution in [0.5, 0.6) is 0 Å². The maximum absolute atomic E-state index is 12.7. The third kappa shape index (κ3) is 4.98. The topological polar surface area (TPSA) is 90.0 Å². The summed E-state index contributed by atoms with van der Waals surface area (Å²) in [7, 11) is 0. The number of ether oxygens (including phenoxy) is 2. The molecule has 0 atom stereocenters. The highest BCUT2D eigenvalue weighted by Crippen LogP contribution is 2.33. The van der Waals surface area contributed by atoms with Crippen LogP contribution in [-0.2, 0) is 19.1 Å². The Balaban J connectivity index is 1.55. The smallest absolute Gasteiger partial charge is 0.314 e. The van der Waals surface area contributed by atoms with Crippen molar-refractivity contribution in [3.63, 3.8) is 0 Å². The van der Waals surface area contributed by atoms with Gasteiger partial charge in [-0.15, -0.1) is 0 Å². The molecular formula is C24H23NO6. The first-order valence-corrected chi connectivity index (χ1v) is 10.1. The van der Waals surface area contributed by atoms with Crippen LogP contribution in [0, 0.1) is 11.8 Å². The monoisotopic (exact) mass is 421 g/mol. The first-order valence-electron chi connectivity index (χ1n) is 10.1. The zero-order chi connectivity index (χ0) is 22.4. The third-order valence-corrected chi connectivity index (χ3v) is 5.08. The van der Waals surface area contributed by atoms with Gasteiger partial charge in [0, 0.05) is 17.5 Å². The molecule has 0 radical (unpaired) electrons. The van der Waals surface area contributed by atoms with E-state index in [4.69, 9.17) is 9.47 Å². The summed E-state index contributed by atoms with van der Waals surface area (Å²) in [5.41, 5.74) is 0.776. The van der Waals surface area contributed by atoms with Crippen molar-refractivity contribution in [3.8, 4) is 11.8 Å². The quantitative estimate of drug-likeness (QED) is 0.380. The average molecular weight is 421 g/mol. The number of rotatable bonds is 7. The number of hydrogen-bond donors (Lipinski definition) is 0. The predicted molar refractivity (Wildman–Crippen MR) is 112 cm³/mol. The third-order valence-electron chi connectivity index (χ3n) is 5.08. The number of ketones is 3. The highest BCUT2D eigenvalue weighted by Gasteiger charge is 2.36. The molecule has 1 aliphatic heterocycles. The summed E-state index contributed by atoms with van der Waals surface area (Å²) >= 11 is 0. The van der Waals surface area contributed by atoms with Crippen LogP contribution in [0.25, 0.3) is 0 Å². The van der Waals surface area contributed by atoms with Gasteiger partial charge in [0.1, 0.15) is 6.42 Å². The van der Waals surface area contributed by atoms with Crippen LogP contribution >= 0.6 is 0 Å². The van der Waals surface area contributed by atoms with Gasteiger partial charge in [-0.05, 0) is 19.2 Å². The molecule has 1 aliphatic carbocycles. The van der Waals surface area contributed by atoms with Gasteiger partial charge in [-0.25, -0.2) is 0 Å². The van der Waals surface area contributed by atoms with Gasteiger partial charge in [0.15, 0.2) is 23.9 Å². The fraction of sp³-hybridized carbons (Fsp3) is 0.333. The molecule has 2 aliphatic rings. The maximum atomic E-state index is 12.7. The molecule has 0 spiro atoms. The molecule has 0 fully saturated rings. The number of allylic oxidation sites excluding steroid dienone is 4. The lowest BCUT2D eigenvalue weighted by Crippen LogP contribution is -2.27. The fourth-order valence-electron chi connectivity index (χ4n) is 3.27. The Morgan fingerprint density at radius 1 is 1.06 bits per heavy atom. The number of esters is 1. The van der Waals surface area contributed by atoms with E-state index in [2.05, 4.69) is 16.7 Å². The van der Waals surface area contributed by atoms with Crippen molar-refractivity contribution in [2.75, 3.05) is 26.2 Å². The molecule has 0 saturated carbocycles. The van der Waals surface area contributed by atoms with E-state index in [0.717, 1.165) is 13.1 Å². The van der Waals surface area contributed by atoms with E-state index < -0.39 is 24.0 Å². The van der Waals surface area contributed by atoms with Crippen molar-refractivity contribution in [3.05, 3.63) is 58.6 Å². The minimum Gasteiger partial charge on any atom is -0.452 e. The van der Waals surface area contributed by atoms with Crippen LogP contribution in [-0.4, -0.2) is 54.5 Å². The second kappa shape index (κ2) is 10.0. The summed E-state index contributed by atoms with van der Waals surface area (Å²) in [4.78, 5) is 51.8. The molecule has 0 unspecified atom stereocenters. The predicted octanol–water partition coefficient (Wildman–Crippen LogP) is 2.47. The van der Waals surface area contributed by atoms with Gasteiger partial charge < -0.3 is 9.47 Å². The Kier molecular flexibility index (Phi) is 7.16. The molecule has 0 saturated heterocycles. The minimum atomic E-state index is -0.734. The molecule has 7 heteroatoms. The van der Waals surface area contributed by atoms with Gasteiger partial charge in [-0.3, -0.25) is 24.1 Å². The van der Waals surface area contributed by atoms with Gasteiger partial charge >= 0.3 is 5.97 Å². The molecule has 0 bridgehead atoms. The Hall–Kier alpha value is -3.50. The highest BCUT2D eigenvalue weighted by molar-refractivity contribution is 6.26. The Morgan fingerprint density at radius 2 is 1.74 bits per heavy atom. The number of hydrogen-bond acceptors (Lipinski definition) is 7. The summed E-state index contributed by atoms with van der Waals surface area (Å²) < 4.78 is 10.4. The first-order chi connectivity index (χ1) is 15.0. The summed E-state index contributed by atoms with van der Waals surface area (Å²) in [5, 5.41) is 0. The van der Waals surface area contributed by atoms with E-state index in [1.54, 1.807) is 24.3 Å². The molecular weight excluding hydrogens is 398 g/mol. The Bertz CT molecular complexity index is 1050. The summed E-state index contributed by atoms with van der Waals surface area (Å²) in [6.07, 6.45) is 0.962. The van der Waals surface area contributed by atoms with Gasteiger partial charge in [0.25, 0.3) is 0 Å². The van der Waals surface area contributed by atoms with E-state index in [9.17, 15) is 19.2 Å². The fourth-order valence-corrected chi connectivity index (χ4v) is 3.27. The van der Waals surface area contributed by atoms with Crippen LogP contribution in [0.2, 0.25) is 0 Å². The van der Waals surface area contributed by atoms with Crippen LogP contribution in [0.1, 0.15) is 47.4 Å². The number of nitrogens with zero attached hydrogens (tertiary/aromatic N) is 1. The number of carbonyl (C=O) groups is 4. The van der Waals surface area contributed by atoms with Gasteiger partial charge in [0.2, 0.25) is 11.6 Å². The van der Waals surface area contributed by atoms with E-state index in [1.165, 1.54) is 6.08 Å². The van der Waals surface area contributed by atoms with Crippen molar-refractivity contribution >= 4 is 23.3 Å². The van der Waals surface area contributed by atoms with Crippen LogP contribution < -0.4 is 0 Å². The molecule has 0 aromatic heterocycles. The van der Waals surface area contributed by atoms with Crippen molar-refractivity contribution in [2.45, 2.75) is 26.7 Å². The largest absolute Gasteiger partial charge is 0.452 e. The molecule has 1 aromatic carbocycles. The Labute approximate surface area is 180 Å². The van der Waals surface area contributed by atoms with Gasteiger partial charge in [0.05, 0.1) is 12.1 Å². The van der Waals surface area contributed by atoms with Crippen molar-refractivity contribution in [1.82, 2.24) is 4.90 Å². The van der Waals surface area contributed by atoms with Crippen molar-refractivity contribution < 1.29 is 28.7 Å². The van der Waals surface area contributed by atoms with Crippen LogP contribution in [0.15, 0.2) is 47.4 Å². The SMILES string of the molecule is CCN(CC)CC#CCOC(=O)CC(=O)C1=CCC2=C(O1)C(=O)c1ccccc1C2=O. The number of Topliss-reactive ketones (excluding diaryl/α,β-unsaturated/α-hetero) is 3. The lowest BCUT2D eigenvalue weighted by molar-refractivity contribution is -0.144. The highest BCUT2D eigenvalue weighted by atomic mass is 16.5. The average Bonchev–Trinajstić information content (AvgIpc) is 2.79. The lowest BCUT2D eigenvalue weighted by Gasteiger charge is -2.24. The maximum Gasteiger partial charge on any atom is 0.314 e. The zero-order valence-electron chi connectivity index (χ0n) is 17.5. The lowest BCUT2D eigenvalue weighted by atomic mass is 9.85.